The molecular formula is C11H18ClNO2S2. The van der Waals surface area contributed by atoms with Gasteiger partial charge in [0.2, 0.25) is 0 Å². The highest BCUT2D eigenvalue weighted by molar-refractivity contribution is 7.91. The minimum Gasteiger partial charge on any atom is -0.206 e. The first-order valence-electron chi connectivity index (χ1n) is 5.69. The van der Waals surface area contributed by atoms with Crippen LogP contribution < -0.4 is 0 Å². The van der Waals surface area contributed by atoms with Crippen LogP contribution in [0.3, 0.4) is 0 Å². The summed E-state index contributed by atoms with van der Waals surface area (Å²) >= 11 is 6.93. The van der Waals surface area contributed by atoms with Crippen LogP contribution in [0.2, 0.25) is 0 Å². The first-order valence-corrected chi connectivity index (χ1v) is 8.55. The summed E-state index contributed by atoms with van der Waals surface area (Å²) in [6, 6.07) is 1.67. The van der Waals surface area contributed by atoms with E-state index in [1.807, 2.05) is 6.92 Å². The molecule has 1 aromatic heterocycles. The molecule has 0 saturated carbocycles. The average Bonchev–Trinajstić information content (AvgIpc) is 2.79. The number of halogens is 1. The summed E-state index contributed by atoms with van der Waals surface area (Å²) in [5, 5.41) is 1.80. The number of unbranched alkanes of at least 4 members (excludes halogenated alkanes) is 1. The van der Waals surface area contributed by atoms with Crippen LogP contribution in [-0.4, -0.2) is 25.8 Å². The highest BCUT2D eigenvalue weighted by Crippen LogP contribution is 2.24. The molecule has 0 aliphatic heterocycles. The second-order valence-corrected chi connectivity index (χ2v) is 7.10. The molecule has 17 heavy (non-hydrogen) atoms. The first-order chi connectivity index (χ1) is 8.06. The SMILES string of the molecule is CCCCN(CC)S(=O)(=O)c1cc(CCl)cs1. The lowest BCUT2D eigenvalue weighted by molar-refractivity contribution is 0.420. The molecule has 98 valence electrons. The van der Waals surface area contributed by atoms with Crippen molar-refractivity contribution in [1.82, 2.24) is 4.31 Å². The lowest BCUT2D eigenvalue weighted by Crippen LogP contribution is -2.31. The summed E-state index contributed by atoms with van der Waals surface area (Å²) in [6.45, 7) is 5.01. The largest absolute Gasteiger partial charge is 0.252 e. The van der Waals surface area contributed by atoms with Crippen molar-refractivity contribution in [2.45, 2.75) is 36.8 Å². The van der Waals surface area contributed by atoms with E-state index in [2.05, 4.69) is 6.92 Å². The molecule has 1 heterocycles. The van der Waals surface area contributed by atoms with Gasteiger partial charge in [-0.3, -0.25) is 0 Å². The van der Waals surface area contributed by atoms with Crippen molar-refractivity contribution in [3.05, 3.63) is 17.0 Å². The van der Waals surface area contributed by atoms with Gasteiger partial charge in [-0.15, -0.1) is 22.9 Å². The molecule has 6 heteroatoms. The van der Waals surface area contributed by atoms with E-state index in [0.29, 0.717) is 23.2 Å². The quantitative estimate of drug-likeness (QED) is 0.724. The normalized spacial score (nSPS) is 12.2. The van der Waals surface area contributed by atoms with Crippen LogP contribution in [0.25, 0.3) is 0 Å². The Hall–Kier alpha value is -0.100. The van der Waals surface area contributed by atoms with Gasteiger partial charge in [-0.25, -0.2) is 8.42 Å². The van der Waals surface area contributed by atoms with Crippen molar-refractivity contribution in [1.29, 1.82) is 0 Å². The fourth-order valence-electron chi connectivity index (χ4n) is 1.47. The van der Waals surface area contributed by atoms with Gasteiger partial charge in [0, 0.05) is 19.0 Å². The lowest BCUT2D eigenvalue weighted by Gasteiger charge is -2.18. The van der Waals surface area contributed by atoms with E-state index in [9.17, 15) is 8.42 Å². The van der Waals surface area contributed by atoms with Gasteiger partial charge in [0.25, 0.3) is 10.0 Å². The van der Waals surface area contributed by atoms with Crippen LogP contribution in [-0.2, 0) is 15.9 Å². The monoisotopic (exact) mass is 295 g/mol. The zero-order valence-electron chi connectivity index (χ0n) is 10.1. The Labute approximate surface area is 112 Å². The van der Waals surface area contributed by atoms with E-state index >= 15 is 0 Å². The van der Waals surface area contributed by atoms with Gasteiger partial charge in [0.05, 0.1) is 0 Å². The fourth-order valence-corrected chi connectivity index (χ4v) is 4.56. The number of nitrogens with zero attached hydrogens (tertiary/aromatic N) is 1. The van der Waals surface area contributed by atoms with Crippen LogP contribution in [0, 0.1) is 0 Å². The summed E-state index contributed by atoms with van der Waals surface area (Å²) in [7, 11) is -3.32. The lowest BCUT2D eigenvalue weighted by atomic mass is 10.3. The van der Waals surface area contributed by atoms with Crippen LogP contribution in [0.1, 0.15) is 32.3 Å². The molecule has 3 nitrogen and oxygen atoms in total. The van der Waals surface area contributed by atoms with Crippen LogP contribution >= 0.6 is 22.9 Å². The zero-order chi connectivity index (χ0) is 12.9. The Morgan fingerprint density at radius 1 is 1.41 bits per heavy atom. The Bertz CT molecular complexity index is 442. The van der Waals surface area contributed by atoms with E-state index in [1.165, 1.54) is 15.6 Å². The topological polar surface area (TPSA) is 37.4 Å². The molecule has 0 radical (unpaired) electrons. The van der Waals surface area contributed by atoms with E-state index in [-0.39, 0.29) is 0 Å². The maximum atomic E-state index is 12.3. The molecule has 0 aliphatic rings. The Morgan fingerprint density at radius 2 is 2.12 bits per heavy atom. The summed E-state index contributed by atoms with van der Waals surface area (Å²) in [5.74, 6) is 0.354. The molecule has 0 unspecified atom stereocenters. The zero-order valence-corrected chi connectivity index (χ0v) is 12.5. The molecule has 1 aromatic rings. The molecule has 0 saturated heterocycles. The predicted octanol–water partition coefficient (Wildman–Crippen LogP) is 3.30. The average molecular weight is 296 g/mol. The molecule has 0 fully saturated rings. The van der Waals surface area contributed by atoms with Crippen LogP contribution in [0.5, 0.6) is 0 Å². The van der Waals surface area contributed by atoms with Crippen molar-refractivity contribution in [2.24, 2.45) is 0 Å². The Kier molecular flexibility index (Phi) is 5.92. The third kappa shape index (κ3) is 3.68. The second-order valence-electron chi connectivity index (χ2n) is 3.76. The Balaban J connectivity index is 2.91. The van der Waals surface area contributed by atoms with Crippen LogP contribution in [0.15, 0.2) is 15.7 Å². The maximum Gasteiger partial charge on any atom is 0.252 e. The number of alkyl halides is 1. The van der Waals surface area contributed by atoms with E-state index < -0.39 is 10.0 Å². The fraction of sp³-hybridized carbons (Fsp3) is 0.636. The molecule has 1 rings (SSSR count). The number of sulfonamides is 1. The number of thiophene rings is 1. The number of rotatable bonds is 7. The van der Waals surface area contributed by atoms with Gasteiger partial charge in [-0.2, -0.15) is 4.31 Å². The third-order valence-electron chi connectivity index (χ3n) is 2.49. The maximum absolute atomic E-state index is 12.3. The van der Waals surface area contributed by atoms with E-state index in [4.69, 9.17) is 11.6 Å². The Morgan fingerprint density at radius 3 is 2.59 bits per heavy atom. The molecule has 0 aromatic carbocycles. The molecule has 0 spiro atoms. The van der Waals surface area contributed by atoms with Gasteiger partial charge in [-0.05, 0) is 23.4 Å². The van der Waals surface area contributed by atoms with Gasteiger partial charge in [0.15, 0.2) is 0 Å². The van der Waals surface area contributed by atoms with Crippen LogP contribution in [0.4, 0.5) is 0 Å². The highest BCUT2D eigenvalue weighted by Gasteiger charge is 2.24. The minimum absolute atomic E-state index is 0.354. The highest BCUT2D eigenvalue weighted by atomic mass is 35.5. The van der Waals surface area contributed by atoms with Crippen molar-refractivity contribution in [3.63, 3.8) is 0 Å². The summed E-state index contributed by atoms with van der Waals surface area (Å²) in [6.07, 6.45) is 1.88. The molecule has 0 aliphatic carbocycles. The summed E-state index contributed by atoms with van der Waals surface area (Å²) in [4.78, 5) is 0. The standard InChI is InChI=1S/C11H18ClNO2S2/c1-3-5-6-13(4-2)17(14,15)11-7-10(8-12)9-16-11/h7,9H,3-6,8H2,1-2H3. The minimum atomic E-state index is -3.32. The second kappa shape index (κ2) is 6.73. The predicted molar refractivity (Wildman–Crippen MR) is 73.2 cm³/mol. The summed E-state index contributed by atoms with van der Waals surface area (Å²) in [5.41, 5.74) is 0.863. The number of hydrogen-bond donors (Lipinski definition) is 0. The van der Waals surface area contributed by atoms with Gasteiger partial charge in [-0.1, -0.05) is 20.3 Å². The smallest absolute Gasteiger partial charge is 0.206 e. The third-order valence-corrected chi connectivity index (χ3v) is 6.24. The molecule has 0 atom stereocenters. The number of hydrogen-bond acceptors (Lipinski definition) is 3. The summed E-state index contributed by atoms with van der Waals surface area (Å²) < 4.78 is 26.5. The molecular weight excluding hydrogens is 278 g/mol. The molecule has 0 N–H and O–H groups in total. The first kappa shape index (κ1) is 15.0. The molecule has 0 bridgehead atoms. The van der Waals surface area contributed by atoms with Crippen molar-refractivity contribution < 1.29 is 8.42 Å². The van der Waals surface area contributed by atoms with Gasteiger partial charge >= 0.3 is 0 Å². The van der Waals surface area contributed by atoms with Gasteiger partial charge in [0.1, 0.15) is 4.21 Å². The van der Waals surface area contributed by atoms with Crippen molar-refractivity contribution in [3.8, 4) is 0 Å². The van der Waals surface area contributed by atoms with Crippen molar-refractivity contribution in [2.75, 3.05) is 13.1 Å². The van der Waals surface area contributed by atoms with Gasteiger partial charge < -0.3 is 0 Å². The van der Waals surface area contributed by atoms with Crippen molar-refractivity contribution >= 4 is 33.0 Å². The molecule has 0 amide bonds. The van der Waals surface area contributed by atoms with E-state index in [0.717, 1.165) is 18.4 Å². The van der Waals surface area contributed by atoms with E-state index in [1.54, 1.807) is 11.4 Å².